The van der Waals surface area contributed by atoms with Crippen LogP contribution >= 0.6 is 0 Å². The van der Waals surface area contributed by atoms with E-state index in [0.717, 1.165) is 46.7 Å². The van der Waals surface area contributed by atoms with Crippen molar-refractivity contribution >= 4 is 46.2 Å². The van der Waals surface area contributed by atoms with Gasteiger partial charge in [0.05, 0.1) is 34.5 Å². The summed E-state index contributed by atoms with van der Waals surface area (Å²) >= 11 is 0. The molecule has 0 radical (unpaired) electrons. The van der Waals surface area contributed by atoms with Crippen LogP contribution in [-0.2, 0) is 20.6 Å². The van der Waals surface area contributed by atoms with Gasteiger partial charge in [-0.2, -0.15) is 0 Å². The van der Waals surface area contributed by atoms with E-state index in [2.05, 4.69) is 10.6 Å². The molecule has 1 aromatic heterocycles. The number of carbonyl (C=O) groups is 2. The summed E-state index contributed by atoms with van der Waals surface area (Å²) in [4.78, 5) is 28.3. The summed E-state index contributed by atoms with van der Waals surface area (Å²) in [6.45, 7) is 13.9. The molecule has 0 bridgehead atoms. The van der Waals surface area contributed by atoms with Crippen molar-refractivity contribution in [2.45, 2.75) is 84.3 Å². The molecule has 1 aliphatic carbocycles. The summed E-state index contributed by atoms with van der Waals surface area (Å²) in [6.07, 6.45) is 2.30. The number of amides is 2. The monoisotopic (exact) mass is 531 g/mol. The van der Waals surface area contributed by atoms with E-state index in [9.17, 15) is 9.59 Å². The number of rotatable bonds is 5. The highest BCUT2D eigenvalue weighted by Gasteiger charge is 2.52. The highest BCUT2D eigenvalue weighted by atomic mass is 16.7. The van der Waals surface area contributed by atoms with E-state index in [4.69, 9.17) is 19.8 Å². The Kier molecular flexibility index (Phi) is 6.13. The van der Waals surface area contributed by atoms with Crippen molar-refractivity contribution in [3.8, 4) is 0 Å². The summed E-state index contributed by atoms with van der Waals surface area (Å²) in [5, 5.41) is 1.89. The summed E-state index contributed by atoms with van der Waals surface area (Å²) in [5.74, 6) is 0.0496. The Hall–Kier alpha value is -2.88. The van der Waals surface area contributed by atoms with E-state index in [-0.39, 0.29) is 18.1 Å². The van der Waals surface area contributed by atoms with Crippen molar-refractivity contribution in [2.24, 2.45) is 11.7 Å². The molecule has 206 valence electrons. The number of nitrogens with zero attached hydrogens (tertiary/aromatic N) is 2. The molecule has 2 atom stereocenters. The minimum Gasteiger partial charge on any atom is -0.399 e. The first-order chi connectivity index (χ1) is 18.3. The van der Waals surface area contributed by atoms with Crippen LogP contribution in [0.5, 0.6) is 0 Å². The predicted octanol–water partition coefficient (Wildman–Crippen LogP) is 3.85. The van der Waals surface area contributed by atoms with Crippen molar-refractivity contribution in [3.63, 3.8) is 0 Å². The minimum atomic E-state index is -0.620. The average molecular weight is 531 g/mol. The van der Waals surface area contributed by atoms with Gasteiger partial charge >= 0.3 is 7.12 Å². The van der Waals surface area contributed by atoms with Crippen molar-refractivity contribution in [3.05, 3.63) is 41.5 Å². The number of morpholine rings is 1. The third-order valence-corrected chi connectivity index (χ3v) is 8.86. The normalized spacial score (nSPS) is 24.6. The lowest BCUT2D eigenvalue weighted by atomic mass is 9.77. The van der Waals surface area contributed by atoms with Crippen LogP contribution in [0.2, 0.25) is 0 Å². The smallest absolute Gasteiger partial charge is 0.399 e. The van der Waals surface area contributed by atoms with E-state index in [1.54, 1.807) is 0 Å². The third kappa shape index (κ3) is 4.54. The zero-order valence-electron chi connectivity index (χ0n) is 23.7. The summed E-state index contributed by atoms with van der Waals surface area (Å²) in [7, 11) is -0.620. The first-order valence-electron chi connectivity index (χ1n) is 14.0. The van der Waals surface area contributed by atoms with Gasteiger partial charge in [0.1, 0.15) is 0 Å². The maximum absolute atomic E-state index is 13.6. The number of ether oxygens (including phenoxy) is 1. The predicted molar refractivity (Wildman–Crippen MR) is 152 cm³/mol. The Morgan fingerprint density at radius 2 is 1.62 bits per heavy atom. The van der Waals surface area contributed by atoms with Gasteiger partial charge in [0.15, 0.2) is 0 Å². The van der Waals surface area contributed by atoms with Crippen LogP contribution in [0.15, 0.2) is 30.3 Å². The molecule has 8 nitrogen and oxygen atoms in total. The first kappa shape index (κ1) is 26.4. The number of primary amides is 1. The van der Waals surface area contributed by atoms with Crippen LogP contribution in [-0.4, -0.2) is 64.9 Å². The number of carbonyl (C=O) groups excluding carboxylic acids is 2. The fourth-order valence-corrected chi connectivity index (χ4v) is 5.97. The second-order valence-corrected chi connectivity index (χ2v) is 12.7. The minimum absolute atomic E-state index is 0.00448. The molecule has 3 aliphatic rings. The molecule has 9 heteroatoms. The van der Waals surface area contributed by atoms with Gasteiger partial charge in [-0.15, -0.1) is 0 Å². The fraction of sp³-hybridized carbons (Fsp3) is 0.533. The molecule has 3 aromatic rings. The van der Waals surface area contributed by atoms with E-state index < -0.39 is 24.2 Å². The van der Waals surface area contributed by atoms with Gasteiger partial charge in [0.25, 0.3) is 11.8 Å². The second-order valence-electron chi connectivity index (χ2n) is 12.7. The van der Waals surface area contributed by atoms with Gasteiger partial charge in [0.2, 0.25) is 0 Å². The van der Waals surface area contributed by atoms with Gasteiger partial charge in [-0.1, -0.05) is 12.1 Å². The van der Waals surface area contributed by atoms with Crippen LogP contribution in [0.3, 0.4) is 0 Å². The van der Waals surface area contributed by atoms with Gasteiger partial charge in [-0.3, -0.25) is 9.59 Å². The first-order valence-corrected chi connectivity index (χ1v) is 14.0. The van der Waals surface area contributed by atoms with E-state index in [1.165, 1.54) is 0 Å². The molecule has 3 fully saturated rings. The van der Waals surface area contributed by atoms with Crippen LogP contribution in [0.25, 0.3) is 21.8 Å². The van der Waals surface area contributed by atoms with Crippen LogP contribution in [0.4, 0.5) is 0 Å². The van der Waals surface area contributed by atoms with Gasteiger partial charge < -0.3 is 29.2 Å². The molecule has 39 heavy (non-hydrogen) atoms. The van der Waals surface area contributed by atoms with Gasteiger partial charge in [0, 0.05) is 41.5 Å². The standard InChI is InChI=1S/C30H38BN3O5/c1-17-14-33(15-18(2)37-17)28(36)20-9-10-22-23-12-21(31-38-29(3,4)30(5,6)39-31)13-24(27(32)35)26(23)34(25(22)11-20)16-19-7-8-19/h9-13,17-19H,7-8,14-16H2,1-6H3,(H2,32,35)/t17-,18?/m0/s1. The van der Waals surface area contributed by atoms with E-state index >= 15 is 0 Å². The molecular weight excluding hydrogens is 493 g/mol. The van der Waals surface area contributed by atoms with E-state index in [1.807, 2.05) is 70.7 Å². The topological polar surface area (TPSA) is 96.0 Å². The Bertz CT molecular complexity index is 1470. The summed E-state index contributed by atoms with van der Waals surface area (Å²) in [5.41, 5.74) is 8.55. The number of hydrogen-bond acceptors (Lipinski definition) is 5. The van der Waals surface area contributed by atoms with Crippen molar-refractivity contribution in [1.29, 1.82) is 0 Å². The van der Waals surface area contributed by atoms with E-state index in [0.29, 0.717) is 30.1 Å². The molecule has 2 aliphatic heterocycles. The lowest BCUT2D eigenvalue weighted by Gasteiger charge is -2.35. The van der Waals surface area contributed by atoms with Crippen LogP contribution < -0.4 is 11.2 Å². The molecule has 2 aromatic carbocycles. The Balaban J connectivity index is 1.50. The van der Waals surface area contributed by atoms with Crippen LogP contribution in [0, 0.1) is 5.92 Å². The number of nitrogens with two attached hydrogens (primary N) is 1. The highest BCUT2D eigenvalue weighted by Crippen LogP contribution is 2.39. The fourth-order valence-electron chi connectivity index (χ4n) is 5.97. The summed E-state index contributed by atoms with van der Waals surface area (Å²) < 4.78 is 20.7. The Morgan fingerprint density at radius 3 is 2.21 bits per heavy atom. The SMILES string of the molecule is CC1CN(C(=O)c2ccc3c4cc(B5OC(C)(C)C(C)(C)O5)cc(C(N)=O)c4n(CC4CC4)c3c2)C[C@H](C)O1. The Labute approximate surface area is 229 Å². The van der Waals surface area contributed by atoms with Crippen molar-refractivity contribution < 1.29 is 23.6 Å². The maximum atomic E-state index is 13.6. The molecule has 1 saturated carbocycles. The Morgan fingerprint density at radius 1 is 0.974 bits per heavy atom. The molecule has 1 unspecified atom stereocenters. The lowest BCUT2D eigenvalue weighted by molar-refractivity contribution is -0.0586. The molecular formula is C30H38BN3O5. The van der Waals surface area contributed by atoms with Crippen molar-refractivity contribution in [2.75, 3.05) is 13.1 Å². The van der Waals surface area contributed by atoms with Gasteiger partial charge in [-0.25, -0.2) is 0 Å². The zero-order valence-corrected chi connectivity index (χ0v) is 23.7. The molecule has 2 saturated heterocycles. The molecule has 2 amide bonds. The third-order valence-electron chi connectivity index (χ3n) is 8.86. The summed E-state index contributed by atoms with van der Waals surface area (Å²) in [6, 6.07) is 9.74. The number of benzene rings is 2. The quantitative estimate of drug-likeness (QED) is 0.505. The molecule has 3 heterocycles. The second kappa shape index (κ2) is 9.08. The molecule has 0 spiro atoms. The molecule has 6 rings (SSSR count). The number of hydrogen-bond donors (Lipinski definition) is 1. The number of fused-ring (bicyclic) bond motifs is 3. The van der Waals surface area contributed by atoms with Gasteiger partial charge in [-0.05, 0) is 84.0 Å². The van der Waals surface area contributed by atoms with Crippen LogP contribution in [0.1, 0.15) is 75.1 Å². The molecule has 2 N–H and O–H groups in total. The highest BCUT2D eigenvalue weighted by molar-refractivity contribution is 6.62. The average Bonchev–Trinajstić information content (AvgIpc) is 3.58. The van der Waals surface area contributed by atoms with Crippen molar-refractivity contribution in [1.82, 2.24) is 9.47 Å². The largest absolute Gasteiger partial charge is 0.494 e. The lowest BCUT2D eigenvalue weighted by Crippen LogP contribution is -2.48. The number of aromatic nitrogens is 1. The maximum Gasteiger partial charge on any atom is 0.494 e. The zero-order chi connectivity index (χ0) is 27.9.